The van der Waals surface area contributed by atoms with Crippen LogP contribution in [0.4, 0.5) is 0 Å². The van der Waals surface area contributed by atoms with Crippen LogP contribution in [0.5, 0.6) is 0 Å². The van der Waals surface area contributed by atoms with Crippen LogP contribution in [0, 0.1) is 0 Å². The average molecular weight is 236 g/mol. The zero-order chi connectivity index (χ0) is 11.7. The van der Waals surface area contributed by atoms with Gasteiger partial charge in [-0.2, -0.15) is 5.10 Å². The van der Waals surface area contributed by atoms with E-state index in [1.807, 2.05) is 0 Å². The number of hydrogen-bond donors (Lipinski definition) is 2. The van der Waals surface area contributed by atoms with Gasteiger partial charge in [-0.05, 0) is 12.8 Å². The molecule has 0 aromatic carbocycles. The molecule has 5 heteroatoms. The first-order valence-electron chi connectivity index (χ1n) is 6.48. The van der Waals surface area contributed by atoms with Crippen LogP contribution in [0.3, 0.4) is 0 Å². The summed E-state index contributed by atoms with van der Waals surface area (Å²) in [4.78, 5) is 0. The van der Waals surface area contributed by atoms with Gasteiger partial charge in [0.2, 0.25) is 0 Å². The second kappa shape index (κ2) is 4.76. The van der Waals surface area contributed by atoms with Gasteiger partial charge in [-0.1, -0.05) is 0 Å². The van der Waals surface area contributed by atoms with E-state index in [9.17, 15) is 0 Å². The zero-order valence-electron chi connectivity index (χ0n) is 10.1. The van der Waals surface area contributed by atoms with Crippen LogP contribution in [-0.2, 0) is 24.2 Å². The van der Waals surface area contributed by atoms with Gasteiger partial charge in [0.05, 0.1) is 11.7 Å². The average Bonchev–Trinajstić information content (AvgIpc) is 2.78. The molecule has 3 heterocycles. The summed E-state index contributed by atoms with van der Waals surface area (Å²) in [6.45, 7) is 4.22. The lowest BCUT2D eigenvalue weighted by Gasteiger charge is -2.25. The molecule has 1 saturated heterocycles. The molecular formula is C12H20N4O. The van der Waals surface area contributed by atoms with Crippen LogP contribution >= 0.6 is 0 Å². The number of hydrogen-bond acceptors (Lipinski definition) is 4. The number of nitrogens with zero attached hydrogens (tertiary/aromatic N) is 2. The Kier molecular flexibility index (Phi) is 3.13. The molecule has 17 heavy (non-hydrogen) atoms. The fourth-order valence-corrected chi connectivity index (χ4v) is 2.84. The Morgan fingerprint density at radius 3 is 3.00 bits per heavy atom. The molecule has 1 fully saturated rings. The monoisotopic (exact) mass is 236 g/mol. The van der Waals surface area contributed by atoms with Crippen LogP contribution in [-0.4, -0.2) is 29.5 Å². The van der Waals surface area contributed by atoms with E-state index >= 15 is 0 Å². The lowest BCUT2D eigenvalue weighted by molar-refractivity contribution is 0.0652. The molecule has 0 aliphatic carbocycles. The van der Waals surface area contributed by atoms with Crippen LogP contribution in [0.15, 0.2) is 0 Å². The van der Waals surface area contributed by atoms with Gasteiger partial charge in [0.15, 0.2) is 0 Å². The molecule has 5 nitrogen and oxygen atoms in total. The Bertz CT molecular complexity index is 395. The summed E-state index contributed by atoms with van der Waals surface area (Å²) in [6, 6.07) is 0.510. The molecule has 2 aliphatic heterocycles. The molecule has 0 bridgehead atoms. The molecule has 1 aromatic rings. The molecule has 3 rings (SSSR count). The summed E-state index contributed by atoms with van der Waals surface area (Å²) in [5.41, 5.74) is 9.59. The maximum atomic E-state index is 5.79. The Morgan fingerprint density at radius 2 is 2.24 bits per heavy atom. The highest BCUT2D eigenvalue weighted by molar-refractivity contribution is 5.29. The van der Waals surface area contributed by atoms with Gasteiger partial charge < -0.3 is 15.8 Å². The smallest absolute Gasteiger partial charge is 0.0808 e. The molecule has 3 N–H and O–H groups in total. The third-order valence-corrected chi connectivity index (χ3v) is 3.77. The van der Waals surface area contributed by atoms with Crippen molar-refractivity contribution in [2.75, 3.05) is 19.8 Å². The van der Waals surface area contributed by atoms with Gasteiger partial charge >= 0.3 is 0 Å². The zero-order valence-corrected chi connectivity index (χ0v) is 10.1. The molecule has 0 spiro atoms. The van der Waals surface area contributed by atoms with Crippen molar-refractivity contribution in [2.24, 2.45) is 5.73 Å². The molecule has 0 saturated carbocycles. The van der Waals surface area contributed by atoms with E-state index in [4.69, 9.17) is 15.6 Å². The van der Waals surface area contributed by atoms with E-state index in [2.05, 4.69) is 10.00 Å². The topological polar surface area (TPSA) is 65.1 Å². The molecule has 0 radical (unpaired) electrons. The highest BCUT2D eigenvalue weighted by atomic mass is 16.5. The normalized spacial score (nSPS) is 21.5. The van der Waals surface area contributed by atoms with Gasteiger partial charge in [0, 0.05) is 50.5 Å². The van der Waals surface area contributed by atoms with Crippen molar-refractivity contribution in [1.29, 1.82) is 0 Å². The largest absolute Gasteiger partial charge is 0.381 e. The van der Waals surface area contributed by atoms with Crippen molar-refractivity contribution in [1.82, 2.24) is 15.1 Å². The quantitative estimate of drug-likeness (QED) is 0.777. The lowest BCUT2D eigenvalue weighted by atomic mass is 10.0. The van der Waals surface area contributed by atoms with E-state index in [0.29, 0.717) is 12.6 Å². The number of rotatable bonds is 2. The van der Waals surface area contributed by atoms with Crippen molar-refractivity contribution in [2.45, 2.75) is 38.4 Å². The minimum atomic E-state index is 0.510. The van der Waals surface area contributed by atoms with Crippen molar-refractivity contribution in [3.8, 4) is 0 Å². The third-order valence-electron chi connectivity index (χ3n) is 3.77. The molecule has 0 amide bonds. The standard InChI is InChI=1S/C12H20N4O/c13-7-11-10-8-14-4-1-12(10)16(15-11)9-2-5-17-6-3-9/h9,14H,1-8,13H2. The van der Waals surface area contributed by atoms with E-state index in [1.54, 1.807) is 0 Å². The first-order chi connectivity index (χ1) is 8.40. The minimum absolute atomic E-state index is 0.510. The summed E-state index contributed by atoms with van der Waals surface area (Å²) < 4.78 is 7.66. The fraction of sp³-hybridized carbons (Fsp3) is 0.750. The first kappa shape index (κ1) is 11.2. The summed E-state index contributed by atoms with van der Waals surface area (Å²) in [6.07, 6.45) is 3.22. The van der Waals surface area contributed by atoms with E-state index in [1.165, 1.54) is 11.3 Å². The Labute approximate surface area is 101 Å². The van der Waals surface area contributed by atoms with Crippen LogP contribution in [0.1, 0.15) is 35.8 Å². The predicted octanol–water partition coefficient (Wildman–Crippen LogP) is 0.339. The van der Waals surface area contributed by atoms with Crippen molar-refractivity contribution < 1.29 is 4.74 Å². The number of ether oxygens (including phenoxy) is 1. The number of nitrogens with one attached hydrogen (secondary N) is 1. The minimum Gasteiger partial charge on any atom is -0.381 e. The predicted molar refractivity (Wildman–Crippen MR) is 64.6 cm³/mol. The molecule has 2 aliphatic rings. The Balaban J connectivity index is 1.95. The first-order valence-corrected chi connectivity index (χ1v) is 6.48. The number of aromatic nitrogens is 2. The van der Waals surface area contributed by atoms with Crippen molar-refractivity contribution in [3.05, 3.63) is 17.0 Å². The summed E-state index contributed by atoms with van der Waals surface area (Å²) in [5, 5.41) is 8.13. The summed E-state index contributed by atoms with van der Waals surface area (Å²) >= 11 is 0. The highest BCUT2D eigenvalue weighted by Gasteiger charge is 2.25. The molecule has 94 valence electrons. The maximum Gasteiger partial charge on any atom is 0.0808 e. The molecule has 0 unspecified atom stereocenters. The fourth-order valence-electron chi connectivity index (χ4n) is 2.84. The van der Waals surface area contributed by atoms with Gasteiger partial charge in [-0.25, -0.2) is 0 Å². The summed E-state index contributed by atoms with van der Waals surface area (Å²) in [7, 11) is 0. The van der Waals surface area contributed by atoms with Gasteiger partial charge in [0.25, 0.3) is 0 Å². The maximum absolute atomic E-state index is 5.79. The van der Waals surface area contributed by atoms with Gasteiger partial charge in [-0.3, -0.25) is 4.68 Å². The van der Waals surface area contributed by atoms with Gasteiger partial charge in [-0.15, -0.1) is 0 Å². The van der Waals surface area contributed by atoms with Crippen LogP contribution < -0.4 is 11.1 Å². The van der Waals surface area contributed by atoms with Crippen LogP contribution in [0.2, 0.25) is 0 Å². The van der Waals surface area contributed by atoms with Crippen LogP contribution in [0.25, 0.3) is 0 Å². The lowest BCUT2D eigenvalue weighted by Crippen LogP contribution is -2.28. The highest BCUT2D eigenvalue weighted by Crippen LogP contribution is 2.27. The summed E-state index contributed by atoms with van der Waals surface area (Å²) in [5.74, 6) is 0. The SMILES string of the molecule is NCc1nn(C2CCOCC2)c2c1CNCC2. The third kappa shape index (κ3) is 1.99. The second-order valence-electron chi connectivity index (χ2n) is 4.79. The second-order valence-corrected chi connectivity index (χ2v) is 4.79. The Hall–Kier alpha value is -0.910. The molecular weight excluding hydrogens is 216 g/mol. The van der Waals surface area contributed by atoms with Gasteiger partial charge in [0.1, 0.15) is 0 Å². The molecule has 0 atom stereocenters. The van der Waals surface area contributed by atoms with E-state index in [0.717, 1.165) is 51.3 Å². The van der Waals surface area contributed by atoms with Crippen molar-refractivity contribution >= 4 is 0 Å². The van der Waals surface area contributed by atoms with E-state index in [-0.39, 0.29) is 0 Å². The molecule has 1 aromatic heterocycles. The van der Waals surface area contributed by atoms with Crippen molar-refractivity contribution in [3.63, 3.8) is 0 Å². The number of fused-ring (bicyclic) bond motifs is 1. The van der Waals surface area contributed by atoms with E-state index < -0.39 is 0 Å². The Morgan fingerprint density at radius 1 is 1.41 bits per heavy atom. The number of nitrogens with two attached hydrogens (primary N) is 1.